The van der Waals surface area contributed by atoms with E-state index in [0.717, 1.165) is 0 Å². The van der Waals surface area contributed by atoms with Crippen molar-refractivity contribution in [1.82, 2.24) is 5.32 Å². The van der Waals surface area contributed by atoms with Gasteiger partial charge in [0.2, 0.25) is 5.91 Å². The third-order valence-corrected chi connectivity index (χ3v) is 1.31. The van der Waals surface area contributed by atoms with Crippen LogP contribution in [-0.2, 0) is 14.3 Å². The number of hydrogen-bond acceptors (Lipinski definition) is 4. The lowest BCUT2D eigenvalue weighted by atomic mass is 10.1. The molecule has 0 aromatic carbocycles. The molecule has 5 nitrogen and oxygen atoms in total. The van der Waals surface area contributed by atoms with E-state index in [0.29, 0.717) is 0 Å². The minimum Gasteiger partial charge on any atom is -0.459 e. The van der Waals surface area contributed by atoms with E-state index in [1.165, 1.54) is 0 Å². The molecule has 0 aliphatic carbocycles. The van der Waals surface area contributed by atoms with Crippen LogP contribution in [0.5, 0.6) is 0 Å². The van der Waals surface area contributed by atoms with Crippen molar-refractivity contribution >= 4 is 11.9 Å². The van der Waals surface area contributed by atoms with Crippen molar-refractivity contribution in [2.24, 2.45) is 5.73 Å². The highest BCUT2D eigenvalue weighted by molar-refractivity contribution is 5.85. The minimum atomic E-state index is -0.976. The molecular formula is C9H18N2O3. The molecule has 0 spiro atoms. The summed E-state index contributed by atoms with van der Waals surface area (Å²) in [4.78, 5) is 22.3. The van der Waals surface area contributed by atoms with Crippen LogP contribution in [0.3, 0.4) is 0 Å². The van der Waals surface area contributed by atoms with Crippen molar-refractivity contribution in [1.29, 1.82) is 0 Å². The summed E-state index contributed by atoms with van der Waals surface area (Å²) in [6.07, 6.45) is -0.159. The fraction of sp³-hybridized carbons (Fsp3) is 0.778. The van der Waals surface area contributed by atoms with Gasteiger partial charge >= 0.3 is 5.97 Å². The Morgan fingerprint density at radius 1 is 1.57 bits per heavy atom. The number of carbonyl (C=O) groups excluding carboxylic acids is 2. The summed E-state index contributed by atoms with van der Waals surface area (Å²) < 4.78 is 11.7. The molecule has 0 saturated heterocycles. The summed E-state index contributed by atoms with van der Waals surface area (Å²) in [7, 11) is -0.222. The lowest BCUT2D eigenvalue weighted by Gasteiger charge is -2.21. The second kappa shape index (κ2) is 4.95. The van der Waals surface area contributed by atoms with E-state index in [2.05, 4.69) is 5.32 Å². The number of nitrogens with one attached hydrogen (secondary N) is 1. The molecule has 0 aliphatic rings. The van der Waals surface area contributed by atoms with Crippen molar-refractivity contribution in [3.05, 3.63) is 0 Å². The molecule has 0 heterocycles. The van der Waals surface area contributed by atoms with Crippen LogP contribution >= 0.6 is 0 Å². The Hall–Kier alpha value is -1.10. The largest absolute Gasteiger partial charge is 0.459 e. The molecule has 3 N–H and O–H groups in total. The van der Waals surface area contributed by atoms with Gasteiger partial charge in [-0.3, -0.25) is 9.59 Å². The molecule has 0 radical (unpaired) electrons. The van der Waals surface area contributed by atoms with Crippen molar-refractivity contribution in [2.75, 3.05) is 7.02 Å². The average molecular weight is 203 g/mol. The van der Waals surface area contributed by atoms with Crippen LogP contribution in [0.2, 0.25) is 0 Å². The van der Waals surface area contributed by atoms with E-state index in [1.807, 2.05) is 0 Å². The monoisotopic (exact) mass is 203 g/mol. The van der Waals surface area contributed by atoms with E-state index in [1.54, 1.807) is 20.8 Å². The van der Waals surface area contributed by atoms with E-state index in [4.69, 9.17) is 11.8 Å². The zero-order valence-corrected chi connectivity index (χ0v) is 8.79. The van der Waals surface area contributed by atoms with E-state index >= 15 is 0 Å². The van der Waals surface area contributed by atoms with Crippen molar-refractivity contribution in [3.63, 3.8) is 0 Å². The standard InChI is InChI=1S/C9H18N2O3/c1-9(2,3)14-8(13)6(10)5-7(12)11-4/h6H,5,10H2,1-4H3,(H,11,12)/t6-/m0/s1/i4D. The first-order valence-electron chi connectivity index (χ1n) is 5.01. The van der Waals surface area contributed by atoms with Gasteiger partial charge in [0.15, 0.2) is 0 Å². The zero-order valence-electron chi connectivity index (χ0n) is 9.79. The first-order valence-corrected chi connectivity index (χ1v) is 4.30. The van der Waals surface area contributed by atoms with Crippen LogP contribution in [0.15, 0.2) is 0 Å². The first kappa shape index (κ1) is 11.0. The van der Waals surface area contributed by atoms with E-state index in [-0.39, 0.29) is 13.4 Å². The fourth-order valence-electron chi connectivity index (χ4n) is 0.733. The van der Waals surface area contributed by atoms with Gasteiger partial charge in [0.05, 0.1) is 6.42 Å². The first-order chi connectivity index (χ1) is 6.76. The topological polar surface area (TPSA) is 81.4 Å². The molecule has 0 saturated carbocycles. The van der Waals surface area contributed by atoms with Crippen LogP contribution in [-0.4, -0.2) is 30.5 Å². The molecule has 0 aromatic rings. The molecule has 0 aliphatic heterocycles. The second-order valence-electron chi connectivity index (χ2n) is 3.94. The van der Waals surface area contributed by atoms with Gasteiger partial charge in [-0.2, -0.15) is 0 Å². The van der Waals surface area contributed by atoms with E-state index in [9.17, 15) is 9.59 Å². The quantitative estimate of drug-likeness (QED) is 0.622. The maximum atomic E-state index is 11.3. The summed E-state index contributed by atoms with van der Waals surface area (Å²) in [6.45, 7) is 5.17. The van der Waals surface area contributed by atoms with Crippen LogP contribution < -0.4 is 11.1 Å². The van der Waals surface area contributed by atoms with E-state index < -0.39 is 23.5 Å². The molecule has 14 heavy (non-hydrogen) atoms. The highest BCUT2D eigenvalue weighted by atomic mass is 16.6. The Bertz CT molecular complexity index is 238. The lowest BCUT2D eigenvalue weighted by molar-refractivity contribution is -0.157. The van der Waals surface area contributed by atoms with Gasteiger partial charge in [-0.1, -0.05) is 0 Å². The summed E-state index contributed by atoms with van der Waals surface area (Å²) >= 11 is 0. The van der Waals surface area contributed by atoms with Crippen LogP contribution in [0.1, 0.15) is 28.6 Å². The number of hydrogen-bond donors (Lipinski definition) is 2. The van der Waals surface area contributed by atoms with Gasteiger partial charge in [0, 0.05) is 8.39 Å². The van der Waals surface area contributed by atoms with Gasteiger partial charge in [0.1, 0.15) is 11.6 Å². The molecular weight excluding hydrogens is 184 g/mol. The molecule has 0 fully saturated rings. The number of esters is 1. The van der Waals surface area contributed by atoms with Gasteiger partial charge in [0.25, 0.3) is 0 Å². The molecule has 5 heteroatoms. The third kappa shape index (κ3) is 5.53. The number of nitrogens with two attached hydrogens (primary N) is 1. The smallest absolute Gasteiger partial charge is 0.323 e. The van der Waals surface area contributed by atoms with Gasteiger partial charge in [-0.15, -0.1) is 0 Å². The number of amides is 1. The SMILES string of the molecule is [2H]CNC(=O)C[C@H](N)C(=O)OC(C)(C)C. The van der Waals surface area contributed by atoms with Crippen molar-refractivity contribution in [2.45, 2.75) is 38.8 Å². The molecule has 82 valence electrons. The fourth-order valence-corrected chi connectivity index (χ4v) is 0.733. The second-order valence-corrected chi connectivity index (χ2v) is 3.94. The molecule has 1 atom stereocenters. The molecule has 0 rings (SSSR count). The van der Waals surface area contributed by atoms with Gasteiger partial charge < -0.3 is 15.8 Å². The minimum absolute atomic E-state index is 0.159. The summed E-state index contributed by atoms with van der Waals surface area (Å²) in [5, 5.41) is 2.23. The molecule has 0 unspecified atom stereocenters. The summed E-state index contributed by atoms with van der Waals surface area (Å²) in [5.41, 5.74) is 4.85. The Kier molecular flexibility index (Phi) is 3.88. The highest BCUT2D eigenvalue weighted by Gasteiger charge is 2.23. The molecule has 0 aromatic heterocycles. The van der Waals surface area contributed by atoms with Gasteiger partial charge in [-0.05, 0) is 20.8 Å². The van der Waals surface area contributed by atoms with Crippen LogP contribution in [0.4, 0.5) is 0 Å². The van der Waals surface area contributed by atoms with Crippen molar-refractivity contribution < 1.29 is 15.7 Å². The van der Waals surface area contributed by atoms with Gasteiger partial charge in [-0.25, -0.2) is 0 Å². The predicted octanol–water partition coefficient (Wildman–Crippen LogP) is -0.208. The number of ether oxygens (including phenoxy) is 1. The molecule has 1 amide bonds. The normalized spacial score (nSPS) is 14.1. The third-order valence-electron chi connectivity index (χ3n) is 1.31. The van der Waals surface area contributed by atoms with Crippen LogP contribution in [0.25, 0.3) is 0 Å². The Balaban J connectivity index is 4.05. The predicted molar refractivity (Wildman–Crippen MR) is 52.5 cm³/mol. The average Bonchev–Trinajstić information content (AvgIpc) is 2.00. The number of rotatable bonds is 3. The highest BCUT2D eigenvalue weighted by Crippen LogP contribution is 2.08. The summed E-state index contributed by atoms with van der Waals surface area (Å²) in [6, 6.07) is -0.976. The molecule has 0 bridgehead atoms. The maximum absolute atomic E-state index is 11.3. The number of carbonyl (C=O) groups is 2. The maximum Gasteiger partial charge on any atom is 0.323 e. The Morgan fingerprint density at radius 2 is 2.14 bits per heavy atom. The Morgan fingerprint density at radius 3 is 2.57 bits per heavy atom. The zero-order chi connectivity index (χ0) is 12.1. The van der Waals surface area contributed by atoms with Crippen LogP contribution in [0, 0.1) is 0 Å². The summed E-state index contributed by atoms with van der Waals surface area (Å²) in [5.74, 6) is -1.04. The Labute approximate surface area is 85.4 Å². The van der Waals surface area contributed by atoms with Crippen molar-refractivity contribution in [3.8, 4) is 0 Å². The lowest BCUT2D eigenvalue weighted by Crippen LogP contribution is -2.40.